The topological polar surface area (TPSA) is 99.4 Å². The fourth-order valence-corrected chi connectivity index (χ4v) is 6.03. The van der Waals surface area contributed by atoms with E-state index in [1.54, 1.807) is 7.11 Å². The molecule has 0 aliphatic rings. The van der Waals surface area contributed by atoms with Crippen molar-refractivity contribution in [1.29, 1.82) is 0 Å². The van der Waals surface area contributed by atoms with Gasteiger partial charge in [-0.15, -0.1) is 0 Å². The Morgan fingerprint density at radius 1 is 0.971 bits per heavy atom. The van der Waals surface area contributed by atoms with Crippen LogP contribution in [-0.2, 0) is 30.8 Å². The van der Waals surface area contributed by atoms with E-state index in [9.17, 15) is 13.2 Å². The summed E-state index contributed by atoms with van der Waals surface area (Å²) in [7, 11) is 0.889. The maximum Gasteiger partial charge on any atom is 0.279 e. The average Bonchev–Trinajstić information content (AvgIpc) is 3.18. The third-order valence-corrected chi connectivity index (χ3v) is 8.34. The summed E-state index contributed by atoms with van der Waals surface area (Å²) in [4.78, 5) is 18.0. The van der Waals surface area contributed by atoms with Crippen LogP contribution in [0.4, 0.5) is 0 Å². The number of hydrogen-bond donors (Lipinski definition) is 0. The molecule has 11 heteroatoms. The summed E-state index contributed by atoms with van der Waals surface area (Å²) in [6.07, 6.45) is 0. The van der Waals surface area contributed by atoms with E-state index in [1.807, 2.05) is 23.6 Å². The first-order chi connectivity index (χ1) is 16.8. The molecule has 0 spiro atoms. The number of hydrogen-bond acceptors (Lipinski definition) is 7. The number of aryl methyl sites for hydroxylation is 1. The van der Waals surface area contributed by atoms with Gasteiger partial charge in [0.05, 0.1) is 34.9 Å². The predicted molar refractivity (Wildman–Crippen MR) is 135 cm³/mol. The Bertz CT molecular complexity index is 1310. The molecule has 1 aromatic heterocycles. The number of thiazole rings is 1. The second-order valence-electron chi connectivity index (χ2n) is 7.83. The largest absolute Gasteiger partial charge is 0.383 e. The maximum atomic E-state index is 13.1. The minimum Gasteiger partial charge on any atom is -0.383 e. The van der Waals surface area contributed by atoms with Crippen molar-refractivity contribution >= 4 is 37.5 Å². The lowest BCUT2D eigenvalue weighted by Gasteiger charge is -2.21. The highest BCUT2D eigenvalue weighted by Gasteiger charge is 2.24. The quantitative estimate of drug-likeness (QED) is 0.363. The van der Waals surface area contributed by atoms with Crippen LogP contribution < -0.4 is 4.80 Å². The molecule has 0 saturated carbocycles. The number of benzene rings is 2. The molecule has 0 unspecified atom stereocenters. The molecule has 3 rings (SSSR count). The Kier molecular flexibility index (Phi) is 9.72. The van der Waals surface area contributed by atoms with Crippen LogP contribution in [0.2, 0.25) is 0 Å². The van der Waals surface area contributed by atoms with Crippen molar-refractivity contribution < 1.29 is 27.4 Å². The lowest BCUT2D eigenvalue weighted by molar-refractivity contribution is 0.0997. The number of ether oxygens (including phenoxy) is 3. The summed E-state index contributed by atoms with van der Waals surface area (Å²) in [5.74, 6) is -0.445. The molecular formula is C24H31N3O6S2. The van der Waals surface area contributed by atoms with Crippen molar-refractivity contribution in [3.63, 3.8) is 0 Å². The molecule has 1 amide bonds. The Hall–Kier alpha value is -2.41. The molecule has 190 valence electrons. The van der Waals surface area contributed by atoms with Gasteiger partial charge in [-0.1, -0.05) is 17.4 Å². The molecule has 0 bridgehead atoms. The SMILES string of the molecule is COCCN(CCOC)S(=O)(=O)c1ccc(C(=O)N=c2sc3cc(C)ccc3n2CCOC)cc1. The van der Waals surface area contributed by atoms with E-state index in [-0.39, 0.29) is 31.2 Å². The van der Waals surface area contributed by atoms with E-state index in [0.29, 0.717) is 23.5 Å². The Morgan fingerprint density at radius 2 is 1.60 bits per heavy atom. The number of carbonyl (C=O) groups is 1. The monoisotopic (exact) mass is 521 g/mol. The van der Waals surface area contributed by atoms with Gasteiger partial charge in [0.2, 0.25) is 10.0 Å². The molecule has 0 N–H and O–H groups in total. The number of fused-ring (bicyclic) bond motifs is 1. The standard InChI is InChI=1S/C24H31N3O6S2/c1-18-5-10-21-22(17-18)34-24(27(21)13-16-33-4)25-23(28)19-6-8-20(9-7-19)35(29,30)26(11-14-31-2)12-15-32-3/h5-10,17H,11-16H2,1-4H3. The molecule has 1 heterocycles. The predicted octanol–water partition coefficient (Wildman–Crippen LogP) is 2.68. The first-order valence-corrected chi connectivity index (χ1v) is 13.3. The van der Waals surface area contributed by atoms with E-state index in [4.69, 9.17) is 14.2 Å². The van der Waals surface area contributed by atoms with Gasteiger partial charge >= 0.3 is 0 Å². The number of sulfonamides is 1. The van der Waals surface area contributed by atoms with Gasteiger partial charge in [0.25, 0.3) is 5.91 Å². The second-order valence-corrected chi connectivity index (χ2v) is 10.8. The van der Waals surface area contributed by atoms with Crippen LogP contribution in [0.5, 0.6) is 0 Å². The van der Waals surface area contributed by atoms with E-state index in [0.717, 1.165) is 15.8 Å². The van der Waals surface area contributed by atoms with Gasteiger partial charge in [0.1, 0.15) is 0 Å². The summed E-state index contributed by atoms with van der Waals surface area (Å²) in [5.41, 5.74) is 2.41. The molecule has 9 nitrogen and oxygen atoms in total. The van der Waals surface area contributed by atoms with E-state index in [2.05, 4.69) is 11.1 Å². The zero-order chi connectivity index (χ0) is 25.4. The molecule has 0 aliphatic carbocycles. The molecule has 35 heavy (non-hydrogen) atoms. The first-order valence-electron chi connectivity index (χ1n) is 11.1. The highest BCUT2D eigenvalue weighted by Crippen LogP contribution is 2.20. The van der Waals surface area contributed by atoms with Crippen LogP contribution in [0, 0.1) is 6.92 Å². The molecule has 3 aromatic rings. The van der Waals surface area contributed by atoms with E-state index < -0.39 is 15.9 Å². The molecule has 0 fully saturated rings. The fourth-order valence-electron chi connectivity index (χ4n) is 3.47. The normalized spacial score (nSPS) is 12.7. The minimum absolute atomic E-state index is 0.0914. The zero-order valence-corrected chi connectivity index (χ0v) is 22.0. The highest BCUT2D eigenvalue weighted by molar-refractivity contribution is 7.89. The van der Waals surface area contributed by atoms with Gasteiger partial charge in [-0.25, -0.2) is 8.42 Å². The van der Waals surface area contributed by atoms with Gasteiger partial charge in [-0.2, -0.15) is 9.30 Å². The summed E-state index contributed by atoms with van der Waals surface area (Å²) < 4.78 is 45.8. The number of aromatic nitrogens is 1. The molecular weight excluding hydrogens is 490 g/mol. The van der Waals surface area contributed by atoms with Crippen molar-refractivity contribution in [2.75, 3.05) is 54.2 Å². The number of amides is 1. The number of rotatable bonds is 12. The fraction of sp³-hybridized carbons (Fsp3) is 0.417. The minimum atomic E-state index is -3.77. The van der Waals surface area contributed by atoms with Crippen molar-refractivity contribution in [2.45, 2.75) is 18.4 Å². The molecule has 0 saturated heterocycles. The summed E-state index contributed by atoms with van der Waals surface area (Å²) >= 11 is 1.43. The van der Waals surface area contributed by atoms with Crippen molar-refractivity contribution in [1.82, 2.24) is 8.87 Å². The van der Waals surface area contributed by atoms with Gasteiger partial charge in [0, 0.05) is 46.5 Å². The lowest BCUT2D eigenvalue weighted by atomic mass is 10.2. The Morgan fingerprint density at radius 3 is 2.20 bits per heavy atom. The Labute approximate surface area is 209 Å². The van der Waals surface area contributed by atoms with Crippen LogP contribution in [0.25, 0.3) is 10.2 Å². The highest BCUT2D eigenvalue weighted by atomic mass is 32.2. The van der Waals surface area contributed by atoms with Crippen LogP contribution in [0.15, 0.2) is 52.4 Å². The molecule has 2 aromatic carbocycles. The third-order valence-electron chi connectivity index (χ3n) is 5.38. The molecule has 0 atom stereocenters. The number of methoxy groups -OCH3 is 3. The van der Waals surface area contributed by atoms with Gasteiger partial charge in [0.15, 0.2) is 4.80 Å². The van der Waals surface area contributed by atoms with Gasteiger partial charge < -0.3 is 18.8 Å². The van der Waals surface area contributed by atoms with Crippen molar-refractivity contribution in [2.24, 2.45) is 4.99 Å². The van der Waals surface area contributed by atoms with Gasteiger partial charge in [-0.05, 0) is 48.9 Å². The van der Waals surface area contributed by atoms with Crippen LogP contribution in [-0.4, -0.2) is 77.4 Å². The number of carbonyl (C=O) groups excluding carboxylic acids is 1. The average molecular weight is 522 g/mol. The van der Waals surface area contributed by atoms with E-state index in [1.165, 1.54) is 54.1 Å². The Balaban J connectivity index is 1.91. The maximum absolute atomic E-state index is 13.1. The van der Waals surface area contributed by atoms with Crippen molar-refractivity contribution in [3.8, 4) is 0 Å². The van der Waals surface area contributed by atoms with Crippen LogP contribution in [0.1, 0.15) is 15.9 Å². The van der Waals surface area contributed by atoms with Crippen LogP contribution in [0.3, 0.4) is 0 Å². The molecule has 0 aliphatic heterocycles. The zero-order valence-electron chi connectivity index (χ0n) is 20.4. The smallest absolute Gasteiger partial charge is 0.279 e. The van der Waals surface area contributed by atoms with Crippen LogP contribution >= 0.6 is 11.3 Å². The number of nitrogens with zero attached hydrogens (tertiary/aromatic N) is 3. The van der Waals surface area contributed by atoms with Crippen molar-refractivity contribution in [3.05, 3.63) is 58.4 Å². The summed E-state index contributed by atoms with van der Waals surface area (Å²) in [5, 5.41) is 0. The first kappa shape index (κ1) is 27.2. The van der Waals surface area contributed by atoms with E-state index >= 15 is 0 Å². The van der Waals surface area contributed by atoms with Gasteiger partial charge in [-0.3, -0.25) is 4.79 Å². The lowest BCUT2D eigenvalue weighted by Crippen LogP contribution is -2.36. The summed E-state index contributed by atoms with van der Waals surface area (Å²) in [6.45, 7) is 3.97. The second kappa shape index (κ2) is 12.5. The molecule has 0 radical (unpaired) electrons. The summed E-state index contributed by atoms with van der Waals surface area (Å²) in [6, 6.07) is 11.9. The third kappa shape index (κ3) is 6.63.